The second-order valence-electron chi connectivity index (χ2n) is 5.51. The van der Waals surface area contributed by atoms with E-state index in [1.807, 2.05) is 19.1 Å². The van der Waals surface area contributed by atoms with Crippen molar-refractivity contribution in [2.75, 3.05) is 18.8 Å². The molecule has 1 aliphatic rings. The molecule has 2 heterocycles. The summed E-state index contributed by atoms with van der Waals surface area (Å²) in [7, 11) is 0. The third kappa shape index (κ3) is 3.72. The fourth-order valence-electron chi connectivity index (χ4n) is 2.63. The molecule has 2 aromatic rings. The molecule has 0 atom stereocenters. The minimum Gasteiger partial charge on any atom is -0.329 e. The number of carbonyl (C=O) groups excluding carboxylic acids is 2. The zero-order chi connectivity index (χ0) is 18.0. The smallest absolute Gasteiger partial charge is 0.324 e. The minimum atomic E-state index is -0.338. The van der Waals surface area contributed by atoms with Gasteiger partial charge in [0, 0.05) is 23.3 Å². The minimum absolute atomic E-state index is 0.0644. The van der Waals surface area contributed by atoms with Gasteiger partial charge in [0.15, 0.2) is 5.16 Å². The van der Waals surface area contributed by atoms with Gasteiger partial charge in [-0.1, -0.05) is 27.7 Å². The molecule has 0 unspecified atom stereocenters. The lowest BCUT2D eigenvalue weighted by Gasteiger charge is -2.13. The number of nitrogens with one attached hydrogen (secondary N) is 1. The van der Waals surface area contributed by atoms with Crippen molar-refractivity contribution < 1.29 is 9.59 Å². The predicted octanol–water partition coefficient (Wildman–Crippen LogP) is 2.21. The fraction of sp³-hybridized carbons (Fsp3) is 0.375. The number of thioether (sulfide) groups is 1. The summed E-state index contributed by atoms with van der Waals surface area (Å²) in [5, 5.41) is 3.73. The number of nitrogens with zero attached hydrogens (tertiary/aromatic N) is 3. The summed E-state index contributed by atoms with van der Waals surface area (Å²) in [5.41, 5.74) is 0.597. The van der Waals surface area contributed by atoms with Gasteiger partial charge >= 0.3 is 6.03 Å². The number of carbonyl (C=O) groups is 2. The molecular weight excluding hydrogens is 408 g/mol. The van der Waals surface area contributed by atoms with Crippen molar-refractivity contribution in [3.05, 3.63) is 33.0 Å². The Balaban J connectivity index is 1.73. The van der Waals surface area contributed by atoms with Gasteiger partial charge in [-0.3, -0.25) is 19.1 Å². The van der Waals surface area contributed by atoms with Crippen LogP contribution in [0.3, 0.4) is 0 Å². The molecule has 0 radical (unpaired) electrons. The van der Waals surface area contributed by atoms with Gasteiger partial charge in [-0.05, 0) is 31.5 Å². The first-order valence-electron chi connectivity index (χ1n) is 7.92. The number of fused-ring (bicyclic) bond motifs is 1. The first-order valence-corrected chi connectivity index (χ1v) is 9.70. The third-order valence-corrected chi connectivity index (χ3v) is 5.45. The summed E-state index contributed by atoms with van der Waals surface area (Å²) in [6, 6.07) is 5.12. The van der Waals surface area contributed by atoms with Crippen LogP contribution in [-0.4, -0.2) is 45.2 Å². The molecule has 0 saturated carbocycles. The SMILES string of the molecule is CCn1c(SCCCN2C(=O)CNC2=O)nc2ccc(Br)cc2c1=O. The molecule has 1 aliphatic heterocycles. The highest BCUT2D eigenvalue weighted by atomic mass is 79.9. The Labute approximate surface area is 156 Å². The molecule has 1 saturated heterocycles. The van der Waals surface area contributed by atoms with Crippen molar-refractivity contribution in [1.82, 2.24) is 19.8 Å². The van der Waals surface area contributed by atoms with Gasteiger partial charge in [-0.2, -0.15) is 0 Å². The van der Waals surface area contributed by atoms with Crippen LogP contribution < -0.4 is 10.9 Å². The number of rotatable bonds is 6. The molecule has 0 aliphatic carbocycles. The van der Waals surface area contributed by atoms with Crippen molar-refractivity contribution >= 4 is 50.5 Å². The summed E-state index contributed by atoms with van der Waals surface area (Å²) in [6.07, 6.45) is 0.641. The summed E-state index contributed by atoms with van der Waals surface area (Å²) < 4.78 is 2.49. The average molecular weight is 425 g/mol. The standard InChI is InChI=1S/C16H17BrN4O3S/c1-2-20-14(23)11-8-10(17)4-5-12(11)19-16(20)25-7-3-6-21-13(22)9-18-15(21)24/h4-5,8H,2-3,6-7,9H2,1H3,(H,18,24). The lowest BCUT2D eigenvalue weighted by molar-refractivity contribution is -0.124. The van der Waals surface area contributed by atoms with Gasteiger partial charge in [-0.15, -0.1) is 0 Å². The van der Waals surface area contributed by atoms with Gasteiger partial charge < -0.3 is 5.32 Å². The highest BCUT2D eigenvalue weighted by molar-refractivity contribution is 9.10. The van der Waals surface area contributed by atoms with E-state index in [-0.39, 0.29) is 24.0 Å². The maximum Gasteiger partial charge on any atom is 0.324 e. The van der Waals surface area contributed by atoms with Crippen molar-refractivity contribution in [2.45, 2.75) is 25.0 Å². The topological polar surface area (TPSA) is 84.3 Å². The maximum absolute atomic E-state index is 12.6. The van der Waals surface area contributed by atoms with E-state index in [2.05, 4.69) is 26.2 Å². The lowest BCUT2D eigenvalue weighted by Crippen LogP contribution is -2.32. The zero-order valence-corrected chi connectivity index (χ0v) is 16.0. The van der Waals surface area contributed by atoms with Gasteiger partial charge in [0.25, 0.3) is 5.56 Å². The second kappa shape index (κ2) is 7.57. The van der Waals surface area contributed by atoms with Crippen LogP contribution in [0.5, 0.6) is 0 Å². The van der Waals surface area contributed by atoms with Gasteiger partial charge in [-0.25, -0.2) is 9.78 Å². The Morgan fingerprint density at radius 2 is 2.12 bits per heavy atom. The molecule has 9 heteroatoms. The van der Waals surface area contributed by atoms with E-state index in [0.717, 1.165) is 4.47 Å². The van der Waals surface area contributed by atoms with Crippen LogP contribution in [0.1, 0.15) is 13.3 Å². The summed E-state index contributed by atoms with van der Waals surface area (Å²) >= 11 is 4.84. The van der Waals surface area contributed by atoms with E-state index >= 15 is 0 Å². The Bertz CT molecular complexity index is 883. The molecular formula is C16H17BrN4O3S. The number of hydrogen-bond acceptors (Lipinski definition) is 5. The number of benzene rings is 1. The second-order valence-corrected chi connectivity index (χ2v) is 7.49. The summed E-state index contributed by atoms with van der Waals surface area (Å²) in [6.45, 7) is 2.88. The average Bonchev–Trinajstić information content (AvgIpc) is 2.91. The number of urea groups is 1. The molecule has 0 bridgehead atoms. The van der Waals surface area contributed by atoms with Crippen LogP contribution in [-0.2, 0) is 11.3 Å². The molecule has 7 nitrogen and oxygen atoms in total. The van der Waals surface area contributed by atoms with E-state index in [1.165, 1.54) is 16.7 Å². The lowest BCUT2D eigenvalue weighted by atomic mass is 10.2. The summed E-state index contributed by atoms with van der Waals surface area (Å²) in [5.74, 6) is 0.459. The predicted molar refractivity (Wildman–Crippen MR) is 99.8 cm³/mol. The van der Waals surface area contributed by atoms with Crippen molar-refractivity contribution in [1.29, 1.82) is 0 Å². The molecule has 1 fully saturated rings. The van der Waals surface area contributed by atoms with E-state index in [0.29, 0.717) is 41.3 Å². The Kier molecular flexibility index (Phi) is 5.43. The maximum atomic E-state index is 12.6. The number of imide groups is 1. The molecule has 25 heavy (non-hydrogen) atoms. The first-order chi connectivity index (χ1) is 12.0. The molecule has 1 aromatic heterocycles. The molecule has 132 valence electrons. The van der Waals surface area contributed by atoms with Crippen LogP contribution in [0.4, 0.5) is 4.79 Å². The molecule has 3 amide bonds. The van der Waals surface area contributed by atoms with Crippen LogP contribution >= 0.6 is 27.7 Å². The normalized spacial score (nSPS) is 14.4. The Hall–Kier alpha value is -1.87. The van der Waals surface area contributed by atoms with Crippen LogP contribution in [0.15, 0.2) is 32.6 Å². The molecule has 1 N–H and O–H groups in total. The fourth-order valence-corrected chi connectivity index (χ4v) is 3.98. The van der Waals surface area contributed by atoms with Crippen molar-refractivity contribution in [3.63, 3.8) is 0 Å². The Morgan fingerprint density at radius 1 is 1.32 bits per heavy atom. The largest absolute Gasteiger partial charge is 0.329 e. The molecule has 1 aromatic carbocycles. The van der Waals surface area contributed by atoms with E-state index < -0.39 is 0 Å². The molecule has 3 rings (SSSR count). The quantitative estimate of drug-likeness (QED) is 0.332. The monoisotopic (exact) mass is 424 g/mol. The van der Waals surface area contributed by atoms with Crippen molar-refractivity contribution in [2.24, 2.45) is 0 Å². The highest BCUT2D eigenvalue weighted by Gasteiger charge is 2.27. The van der Waals surface area contributed by atoms with Crippen LogP contribution in [0.2, 0.25) is 0 Å². The number of hydrogen-bond donors (Lipinski definition) is 1. The Morgan fingerprint density at radius 3 is 2.80 bits per heavy atom. The van der Waals surface area contributed by atoms with Crippen LogP contribution in [0, 0.1) is 0 Å². The molecule has 0 spiro atoms. The number of amides is 3. The van der Waals surface area contributed by atoms with E-state index in [1.54, 1.807) is 10.6 Å². The van der Waals surface area contributed by atoms with E-state index in [9.17, 15) is 14.4 Å². The number of aromatic nitrogens is 2. The zero-order valence-electron chi connectivity index (χ0n) is 13.6. The number of halogens is 1. The summed E-state index contributed by atoms with van der Waals surface area (Å²) in [4.78, 5) is 41.5. The third-order valence-electron chi connectivity index (χ3n) is 3.89. The highest BCUT2D eigenvalue weighted by Crippen LogP contribution is 2.21. The van der Waals surface area contributed by atoms with Gasteiger partial charge in [0.2, 0.25) is 5.91 Å². The van der Waals surface area contributed by atoms with E-state index in [4.69, 9.17) is 0 Å². The first kappa shape index (κ1) is 17.9. The van der Waals surface area contributed by atoms with Gasteiger partial charge in [0.05, 0.1) is 17.4 Å². The van der Waals surface area contributed by atoms with Crippen molar-refractivity contribution in [3.8, 4) is 0 Å². The van der Waals surface area contributed by atoms with Crippen LogP contribution in [0.25, 0.3) is 10.9 Å². The van der Waals surface area contributed by atoms with Gasteiger partial charge in [0.1, 0.15) is 0 Å².